The molecule has 0 radical (unpaired) electrons. The molecule has 108 valence electrons. The Kier molecular flexibility index (Phi) is 4.98. The molecule has 0 spiro atoms. The molecule has 0 aromatic heterocycles. The van der Waals surface area contributed by atoms with Crippen molar-refractivity contribution in [1.82, 2.24) is 5.32 Å². The molecule has 2 N–H and O–H groups in total. The van der Waals surface area contributed by atoms with Crippen LogP contribution in [0.5, 0.6) is 0 Å². The highest BCUT2D eigenvalue weighted by atomic mass is 35.5. The van der Waals surface area contributed by atoms with E-state index in [0.29, 0.717) is 22.8 Å². The van der Waals surface area contributed by atoms with Crippen molar-refractivity contribution < 1.29 is 14.3 Å². The van der Waals surface area contributed by atoms with Gasteiger partial charge in [-0.15, -0.1) is 0 Å². The maximum Gasteiger partial charge on any atom is 0.339 e. The summed E-state index contributed by atoms with van der Waals surface area (Å²) in [5, 5.41) is 6.41. The van der Waals surface area contributed by atoms with Crippen LogP contribution in [0.1, 0.15) is 23.2 Å². The van der Waals surface area contributed by atoms with Crippen molar-refractivity contribution in [3.8, 4) is 0 Å². The first-order valence-electron chi connectivity index (χ1n) is 6.51. The Morgan fingerprint density at radius 3 is 2.90 bits per heavy atom. The molecule has 6 heteroatoms. The van der Waals surface area contributed by atoms with Crippen molar-refractivity contribution in [1.29, 1.82) is 0 Å². The van der Waals surface area contributed by atoms with Crippen LogP contribution in [0.25, 0.3) is 0 Å². The lowest BCUT2D eigenvalue weighted by Crippen LogP contribution is -2.37. The summed E-state index contributed by atoms with van der Waals surface area (Å²) in [5.74, 6) is -0.698. The van der Waals surface area contributed by atoms with Gasteiger partial charge in [0.15, 0.2) is 0 Å². The van der Waals surface area contributed by atoms with Crippen LogP contribution < -0.4 is 10.6 Å². The Labute approximate surface area is 122 Å². The largest absolute Gasteiger partial charge is 0.465 e. The zero-order valence-corrected chi connectivity index (χ0v) is 12.0. The van der Waals surface area contributed by atoms with E-state index in [1.807, 2.05) is 0 Å². The number of piperidine rings is 1. The quantitative estimate of drug-likeness (QED) is 0.838. The first-order valence-corrected chi connectivity index (χ1v) is 6.89. The molecule has 0 saturated carbocycles. The van der Waals surface area contributed by atoms with Gasteiger partial charge >= 0.3 is 5.97 Å². The maximum absolute atomic E-state index is 12.2. The number of hydrogen-bond donors (Lipinski definition) is 2. The third-order valence-corrected chi connectivity index (χ3v) is 3.55. The van der Waals surface area contributed by atoms with Crippen molar-refractivity contribution in [2.45, 2.75) is 12.8 Å². The number of anilines is 1. The van der Waals surface area contributed by atoms with Crippen molar-refractivity contribution in [2.24, 2.45) is 5.92 Å². The summed E-state index contributed by atoms with van der Waals surface area (Å²) in [6, 6.07) is 4.69. The average molecular weight is 297 g/mol. The predicted molar refractivity (Wildman–Crippen MR) is 77.0 cm³/mol. The van der Waals surface area contributed by atoms with Crippen LogP contribution in [0.2, 0.25) is 5.02 Å². The number of nitrogens with one attached hydrogen (secondary N) is 2. The van der Waals surface area contributed by atoms with Crippen molar-refractivity contribution in [3.63, 3.8) is 0 Å². The monoisotopic (exact) mass is 296 g/mol. The van der Waals surface area contributed by atoms with E-state index in [1.54, 1.807) is 18.2 Å². The fourth-order valence-electron chi connectivity index (χ4n) is 2.22. The number of methoxy groups -OCH3 is 1. The smallest absolute Gasteiger partial charge is 0.339 e. The van der Waals surface area contributed by atoms with Gasteiger partial charge in [0.25, 0.3) is 0 Å². The minimum absolute atomic E-state index is 0.0896. The number of rotatable bonds is 3. The minimum Gasteiger partial charge on any atom is -0.465 e. The van der Waals surface area contributed by atoms with Crippen molar-refractivity contribution >= 4 is 29.2 Å². The number of ether oxygens (including phenoxy) is 1. The van der Waals surface area contributed by atoms with Gasteiger partial charge in [-0.1, -0.05) is 11.6 Å². The zero-order chi connectivity index (χ0) is 14.5. The lowest BCUT2D eigenvalue weighted by atomic mass is 9.98. The summed E-state index contributed by atoms with van der Waals surface area (Å²) in [4.78, 5) is 23.9. The highest BCUT2D eigenvalue weighted by molar-refractivity contribution is 6.31. The second kappa shape index (κ2) is 6.72. The number of hydrogen-bond acceptors (Lipinski definition) is 4. The maximum atomic E-state index is 12.2. The highest BCUT2D eigenvalue weighted by Crippen LogP contribution is 2.23. The molecule has 1 atom stereocenters. The number of carbonyl (C=O) groups excluding carboxylic acids is 2. The Morgan fingerprint density at radius 1 is 1.45 bits per heavy atom. The van der Waals surface area contributed by atoms with Crippen LogP contribution in [0.3, 0.4) is 0 Å². The van der Waals surface area contributed by atoms with E-state index in [1.165, 1.54) is 7.11 Å². The van der Waals surface area contributed by atoms with Crippen LogP contribution in [0.4, 0.5) is 5.69 Å². The molecule has 0 bridgehead atoms. The predicted octanol–water partition coefficient (Wildman–Crippen LogP) is 2.06. The molecule has 1 aliphatic heterocycles. The van der Waals surface area contributed by atoms with Gasteiger partial charge in [0.1, 0.15) is 0 Å². The molecule has 1 amide bonds. The number of benzene rings is 1. The molecule has 1 fully saturated rings. The van der Waals surface area contributed by atoms with E-state index in [4.69, 9.17) is 16.3 Å². The minimum atomic E-state index is -0.501. The molecule has 1 aromatic rings. The summed E-state index contributed by atoms with van der Waals surface area (Å²) in [5.41, 5.74) is 0.689. The summed E-state index contributed by atoms with van der Waals surface area (Å²) in [6.45, 7) is 1.59. The molecule has 1 aromatic carbocycles. The van der Waals surface area contributed by atoms with Crippen LogP contribution in [0.15, 0.2) is 18.2 Å². The van der Waals surface area contributed by atoms with E-state index in [2.05, 4.69) is 10.6 Å². The number of halogens is 1. The number of esters is 1. The molecule has 0 unspecified atom stereocenters. The lowest BCUT2D eigenvalue weighted by Gasteiger charge is -2.22. The molecule has 20 heavy (non-hydrogen) atoms. The highest BCUT2D eigenvalue weighted by Gasteiger charge is 2.22. The fourth-order valence-corrected chi connectivity index (χ4v) is 2.39. The second-order valence-corrected chi connectivity index (χ2v) is 5.15. The van der Waals surface area contributed by atoms with Crippen molar-refractivity contribution in [2.75, 3.05) is 25.5 Å². The van der Waals surface area contributed by atoms with Crippen molar-refractivity contribution in [3.05, 3.63) is 28.8 Å². The number of carbonyl (C=O) groups is 2. The van der Waals surface area contributed by atoms with E-state index in [0.717, 1.165) is 19.4 Å². The first kappa shape index (κ1) is 14.8. The van der Waals surface area contributed by atoms with Crippen LogP contribution in [-0.2, 0) is 9.53 Å². The van der Waals surface area contributed by atoms with Gasteiger partial charge in [0.2, 0.25) is 5.91 Å². The normalized spacial score (nSPS) is 18.4. The Hall–Kier alpha value is -1.59. The molecule has 1 saturated heterocycles. The van der Waals surface area contributed by atoms with E-state index in [9.17, 15) is 9.59 Å². The molecule has 1 heterocycles. The SMILES string of the molecule is COC(=O)c1ccc(Cl)cc1NC(=O)[C@H]1CCCNC1. The lowest BCUT2D eigenvalue weighted by molar-refractivity contribution is -0.120. The Morgan fingerprint density at radius 2 is 2.25 bits per heavy atom. The molecule has 1 aliphatic rings. The van der Waals surface area contributed by atoms with Crippen LogP contribution in [-0.4, -0.2) is 32.1 Å². The van der Waals surface area contributed by atoms with Gasteiger partial charge in [-0.2, -0.15) is 0 Å². The molecule has 5 nitrogen and oxygen atoms in total. The van der Waals surface area contributed by atoms with E-state index < -0.39 is 5.97 Å². The van der Waals surface area contributed by atoms with Gasteiger partial charge in [0, 0.05) is 11.6 Å². The van der Waals surface area contributed by atoms with E-state index in [-0.39, 0.29) is 11.8 Å². The summed E-state index contributed by atoms with van der Waals surface area (Å²) < 4.78 is 4.70. The third kappa shape index (κ3) is 3.49. The van der Waals surface area contributed by atoms with Gasteiger partial charge in [0.05, 0.1) is 24.3 Å². The zero-order valence-electron chi connectivity index (χ0n) is 11.2. The summed E-state index contributed by atoms with van der Waals surface area (Å²) >= 11 is 5.92. The van der Waals surface area contributed by atoms with Crippen LogP contribution in [0, 0.1) is 5.92 Å². The molecular formula is C14H17ClN2O3. The second-order valence-electron chi connectivity index (χ2n) is 4.71. The van der Waals surface area contributed by atoms with Gasteiger partial charge < -0.3 is 15.4 Å². The topological polar surface area (TPSA) is 67.4 Å². The summed E-state index contributed by atoms with van der Waals surface area (Å²) in [6.07, 6.45) is 1.81. The Balaban J connectivity index is 2.16. The van der Waals surface area contributed by atoms with Gasteiger partial charge in [-0.05, 0) is 37.6 Å². The van der Waals surface area contributed by atoms with Crippen LogP contribution >= 0.6 is 11.6 Å². The third-order valence-electron chi connectivity index (χ3n) is 3.31. The molecule has 2 rings (SSSR count). The Bertz CT molecular complexity index is 513. The van der Waals surface area contributed by atoms with Gasteiger partial charge in [-0.25, -0.2) is 4.79 Å². The standard InChI is InChI=1S/C14H17ClN2O3/c1-20-14(19)11-5-4-10(15)7-12(11)17-13(18)9-3-2-6-16-8-9/h4-5,7,9,16H,2-3,6,8H2,1H3,(H,17,18)/t9-/m0/s1. The average Bonchev–Trinajstić information content (AvgIpc) is 2.47. The number of amides is 1. The molecule has 0 aliphatic carbocycles. The molecular weight excluding hydrogens is 280 g/mol. The first-order chi connectivity index (χ1) is 9.61. The fraction of sp³-hybridized carbons (Fsp3) is 0.429. The van der Waals surface area contributed by atoms with E-state index >= 15 is 0 Å². The van der Waals surface area contributed by atoms with Gasteiger partial charge in [-0.3, -0.25) is 4.79 Å². The summed E-state index contributed by atoms with van der Waals surface area (Å²) in [7, 11) is 1.30.